The van der Waals surface area contributed by atoms with Gasteiger partial charge in [-0.15, -0.1) is 11.3 Å². The van der Waals surface area contributed by atoms with E-state index in [0.717, 1.165) is 37.2 Å². The van der Waals surface area contributed by atoms with Gasteiger partial charge in [-0.1, -0.05) is 6.92 Å². The Kier molecular flexibility index (Phi) is 3.74. The number of hydrogen-bond acceptors (Lipinski definition) is 4. The van der Waals surface area contributed by atoms with Crippen molar-refractivity contribution in [2.24, 2.45) is 0 Å². The number of carbonyl (C=O) groups excluding carboxylic acids is 2. The Bertz CT molecular complexity index is 504. The van der Waals surface area contributed by atoms with Crippen molar-refractivity contribution in [3.8, 4) is 0 Å². The summed E-state index contributed by atoms with van der Waals surface area (Å²) in [6, 6.07) is -0.300. The van der Waals surface area contributed by atoms with Gasteiger partial charge in [0.1, 0.15) is 6.04 Å². The Hall–Kier alpha value is -1.43. The summed E-state index contributed by atoms with van der Waals surface area (Å²) in [5.41, 5.74) is 0. The molecule has 3 rings (SSSR count). The van der Waals surface area contributed by atoms with Crippen molar-refractivity contribution < 1.29 is 9.59 Å². The van der Waals surface area contributed by atoms with Gasteiger partial charge in [-0.25, -0.2) is 9.78 Å². The molecule has 0 N–H and O–H groups in total. The Morgan fingerprint density at radius 3 is 2.95 bits per heavy atom. The molecule has 5 nitrogen and oxygen atoms in total. The molecule has 3 heterocycles. The number of thiazole rings is 1. The van der Waals surface area contributed by atoms with E-state index >= 15 is 0 Å². The van der Waals surface area contributed by atoms with Crippen LogP contribution < -0.4 is 0 Å². The van der Waals surface area contributed by atoms with Crippen LogP contribution in [-0.2, 0) is 17.6 Å². The third-order valence-electron chi connectivity index (χ3n) is 4.03. The molecule has 1 atom stereocenters. The van der Waals surface area contributed by atoms with E-state index in [9.17, 15) is 9.59 Å². The van der Waals surface area contributed by atoms with Crippen molar-refractivity contribution in [1.29, 1.82) is 0 Å². The lowest BCUT2D eigenvalue weighted by molar-refractivity contribution is -0.128. The molecule has 3 amide bonds. The monoisotopic (exact) mass is 293 g/mol. The van der Waals surface area contributed by atoms with Gasteiger partial charge in [0, 0.05) is 30.6 Å². The fraction of sp³-hybridized carbons (Fsp3) is 0.643. The second-order valence-electron chi connectivity index (χ2n) is 5.30. The van der Waals surface area contributed by atoms with E-state index in [0.29, 0.717) is 13.0 Å². The third kappa shape index (κ3) is 2.32. The van der Waals surface area contributed by atoms with E-state index in [2.05, 4.69) is 11.9 Å². The van der Waals surface area contributed by atoms with Crippen LogP contribution in [0.5, 0.6) is 0 Å². The Morgan fingerprint density at radius 2 is 2.25 bits per heavy atom. The van der Waals surface area contributed by atoms with Gasteiger partial charge in [0.25, 0.3) is 5.91 Å². The standard InChI is InChI=1S/C14H19N3O2S/c1-2-10-9-15-12(20-10)6-8-17-13(18)11-5-3-4-7-16(11)14(17)19/h9,11H,2-8H2,1H3/t11-/m0/s1. The number of fused-ring (bicyclic) bond motifs is 1. The smallest absolute Gasteiger partial charge is 0.312 e. The summed E-state index contributed by atoms with van der Waals surface area (Å²) in [7, 11) is 0. The molecule has 6 heteroatoms. The van der Waals surface area contributed by atoms with Crippen molar-refractivity contribution in [3.63, 3.8) is 0 Å². The maximum atomic E-state index is 12.3. The summed E-state index contributed by atoms with van der Waals surface area (Å²) in [6.45, 7) is 3.28. The first-order chi connectivity index (χ1) is 9.70. The number of carbonyl (C=O) groups is 2. The van der Waals surface area contributed by atoms with E-state index in [1.54, 1.807) is 16.2 Å². The molecule has 108 valence electrons. The van der Waals surface area contributed by atoms with E-state index in [4.69, 9.17) is 0 Å². The Labute approximate surface area is 122 Å². The van der Waals surface area contributed by atoms with Gasteiger partial charge in [-0.05, 0) is 25.7 Å². The molecular weight excluding hydrogens is 274 g/mol. The van der Waals surface area contributed by atoms with Gasteiger partial charge in [0.2, 0.25) is 0 Å². The van der Waals surface area contributed by atoms with Crippen molar-refractivity contribution in [2.75, 3.05) is 13.1 Å². The van der Waals surface area contributed by atoms with Gasteiger partial charge >= 0.3 is 6.03 Å². The average molecular weight is 293 g/mol. The highest BCUT2D eigenvalue weighted by Crippen LogP contribution is 2.26. The third-order valence-corrected chi connectivity index (χ3v) is 5.23. The van der Waals surface area contributed by atoms with Crippen molar-refractivity contribution in [3.05, 3.63) is 16.1 Å². The number of aromatic nitrogens is 1. The molecule has 2 saturated heterocycles. The highest BCUT2D eigenvalue weighted by atomic mass is 32.1. The molecule has 0 radical (unpaired) electrons. The van der Waals surface area contributed by atoms with Crippen LogP contribution in [-0.4, -0.2) is 45.9 Å². The Morgan fingerprint density at radius 1 is 1.40 bits per heavy atom. The normalized spacial score (nSPS) is 22.6. The number of hydrogen-bond donors (Lipinski definition) is 0. The minimum Gasteiger partial charge on any atom is -0.312 e. The lowest BCUT2D eigenvalue weighted by Gasteiger charge is -2.26. The summed E-state index contributed by atoms with van der Waals surface area (Å²) < 4.78 is 0. The van der Waals surface area contributed by atoms with Crippen molar-refractivity contribution in [1.82, 2.24) is 14.8 Å². The second kappa shape index (κ2) is 5.52. The molecule has 0 aromatic carbocycles. The highest BCUT2D eigenvalue weighted by Gasteiger charge is 2.45. The number of imide groups is 1. The molecule has 1 aromatic heterocycles. The first-order valence-electron chi connectivity index (χ1n) is 7.26. The molecule has 20 heavy (non-hydrogen) atoms. The second-order valence-corrected chi connectivity index (χ2v) is 6.50. The molecular formula is C14H19N3O2S. The van der Waals surface area contributed by atoms with E-state index in [1.807, 2.05) is 6.20 Å². The number of urea groups is 1. The van der Waals surface area contributed by atoms with Gasteiger partial charge in [-0.2, -0.15) is 0 Å². The molecule has 1 aromatic rings. The summed E-state index contributed by atoms with van der Waals surface area (Å²) in [5, 5.41) is 1.01. The average Bonchev–Trinajstić information content (AvgIpc) is 3.03. The topological polar surface area (TPSA) is 53.5 Å². The zero-order chi connectivity index (χ0) is 14.1. The molecule has 2 aliphatic heterocycles. The first kappa shape index (κ1) is 13.5. The number of amides is 3. The van der Waals surface area contributed by atoms with E-state index < -0.39 is 0 Å². The van der Waals surface area contributed by atoms with Crippen LogP contribution in [0.1, 0.15) is 36.1 Å². The number of piperidine rings is 1. The van der Waals surface area contributed by atoms with Crippen LogP contribution in [0, 0.1) is 0 Å². The summed E-state index contributed by atoms with van der Waals surface area (Å²) in [4.78, 5) is 33.3. The first-order valence-corrected chi connectivity index (χ1v) is 8.08. The highest BCUT2D eigenvalue weighted by molar-refractivity contribution is 7.11. The largest absolute Gasteiger partial charge is 0.327 e. The van der Waals surface area contributed by atoms with Crippen molar-refractivity contribution in [2.45, 2.75) is 45.1 Å². The fourth-order valence-electron chi connectivity index (χ4n) is 2.89. The van der Waals surface area contributed by atoms with Crippen molar-refractivity contribution >= 4 is 23.3 Å². The van der Waals surface area contributed by atoms with Gasteiger partial charge in [0.05, 0.1) is 5.01 Å². The van der Waals surface area contributed by atoms with Gasteiger partial charge < -0.3 is 4.90 Å². The lowest BCUT2D eigenvalue weighted by atomic mass is 10.0. The van der Waals surface area contributed by atoms with Crippen LogP contribution in [0.25, 0.3) is 0 Å². The molecule has 0 spiro atoms. The van der Waals surface area contributed by atoms with Crippen LogP contribution in [0.2, 0.25) is 0 Å². The van der Waals surface area contributed by atoms with Crippen LogP contribution in [0.3, 0.4) is 0 Å². The van der Waals surface area contributed by atoms with Gasteiger partial charge in [0.15, 0.2) is 0 Å². The lowest BCUT2D eigenvalue weighted by Crippen LogP contribution is -2.39. The summed E-state index contributed by atoms with van der Waals surface area (Å²) in [5.74, 6) is -0.0121. The predicted octanol–water partition coefficient (Wildman–Crippen LogP) is 2.06. The zero-order valence-corrected chi connectivity index (χ0v) is 12.5. The van der Waals surface area contributed by atoms with Crippen LogP contribution in [0.4, 0.5) is 4.79 Å². The minimum atomic E-state index is -0.196. The predicted molar refractivity (Wildman–Crippen MR) is 76.7 cm³/mol. The molecule has 2 aliphatic rings. The fourth-order valence-corrected chi connectivity index (χ4v) is 3.74. The zero-order valence-electron chi connectivity index (χ0n) is 11.7. The maximum Gasteiger partial charge on any atom is 0.327 e. The summed E-state index contributed by atoms with van der Waals surface area (Å²) >= 11 is 1.67. The maximum absolute atomic E-state index is 12.3. The molecule has 0 aliphatic carbocycles. The van der Waals surface area contributed by atoms with Gasteiger partial charge in [-0.3, -0.25) is 9.69 Å². The number of aryl methyl sites for hydroxylation is 1. The molecule has 0 bridgehead atoms. The number of nitrogens with zero attached hydrogens (tertiary/aromatic N) is 3. The molecule has 0 saturated carbocycles. The Balaban J connectivity index is 1.65. The molecule has 0 unspecified atom stereocenters. The number of rotatable bonds is 4. The van der Waals surface area contributed by atoms with E-state index in [1.165, 1.54) is 9.78 Å². The SMILES string of the molecule is CCc1cnc(CCN2C(=O)[C@@H]3CCCCN3C2=O)s1. The van der Waals surface area contributed by atoms with Crippen LogP contribution >= 0.6 is 11.3 Å². The minimum absolute atomic E-state index is 0.0121. The van der Waals surface area contributed by atoms with Crippen LogP contribution in [0.15, 0.2) is 6.20 Å². The molecule has 2 fully saturated rings. The quantitative estimate of drug-likeness (QED) is 0.799. The summed E-state index contributed by atoms with van der Waals surface area (Å²) in [6.07, 6.45) is 6.41. The van der Waals surface area contributed by atoms with E-state index in [-0.39, 0.29) is 18.0 Å².